The first kappa shape index (κ1) is 15.3. The normalized spacial score (nSPS) is 13.9. The number of aliphatic hydroxyl groups is 1. The fourth-order valence-corrected chi connectivity index (χ4v) is 1.98. The number of terminal acetylenes is 1. The van der Waals surface area contributed by atoms with E-state index in [0.717, 1.165) is 19.3 Å². The number of nitrogens with one attached hydrogen (secondary N) is 1. The molecule has 0 heterocycles. The Kier molecular flexibility index (Phi) is 8.14. The molecule has 0 aromatic heterocycles. The lowest BCUT2D eigenvalue weighted by Gasteiger charge is -2.22. The van der Waals surface area contributed by atoms with Crippen molar-refractivity contribution in [2.24, 2.45) is 0 Å². The smallest absolute Gasteiger partial charge is 0.220 e. The molecule has 0 aliphatic heterocycles. The predicted molar refractivity (Wildman–Crippen MR) is 69.3 cm³/mol. The summed E-state index contributed by atoms with van der Waals surface area (Å²) in [6.07, 6.45) is 9.92. The Balaban J connectivity index is 3.61. The van der Waals surface area contributed by atoms with Crippen LogP contribution < -0.4 is 5.32 Å². The molecule has 0 rings (SSSR count). The van der Waals surface area contributed by atoms with Gasteiger partial charge in [-0.05, 0) is 26.0 Å². The molecule has 3 nitrogen and oxygen atoms in total. The van der Waals surface area contributed by atoms with Crippen LogP contribution in [0.4, 0.5) is 0 Å². The third-order valence-corrected chi connectivity index (χ3v) is 3.01. The molecule has 0 saturated carbocycles. The third-order valence-electron chi connectivity index (χ3n) is 2.10. The van der Waals surface area contributed by atoms with Crippen LogP contribution in [0.2, 0.25) is 0 Å². The minimum atomic E-state index is -0.826. The number of hydrogen-bond donors (Lipinski definition) is 2. The van der Waals surface area contributed by atoms with E-state index in [4.69, 9.17) is 6.42 Å². The fourth-order valence-electron chi connectivity index (χ4n) is 1.25. The predicted octanol–water partition coefficient (Wildman–Crippen LogP) is 1.41. The number of hydrogen-bond acceptors (Lipinski definition) is 3. The SMILES string of the molecule is C#CCCCCC(=O)NCC(C)(O)CSC. The fraction of sp³-hybridized carbons (Fsp3) is 0.750. The standard InChI is InChI=1S/C12H21NO2S/c1-4-5-6-7-8-11(14)13-9-12(2,15)10-16-3/h1,15H,5-10H2,2-3H3,(H,13,14). The van der Waals surface area contributed by atoms with E-state index in [0.29, 0.717) is 18.7 Å². The first-order valence-electron chi connectivity index (χ1n) is 5.43. The summed E-state index contributed by atoms with van der Waals surface area (Å²) in [5.74, 6) is 3.14. The average molecular weight is 243 g/mol. The van der Waals surface area contributed by atoms with Gasteiger partial charge in [0.25, 0.3) is 0 Å². The zero-order valence-corrected chi connectivity index (χ0v) is 10.9. The number of carbonyl (C=O) groups is 1. The second-order valence-corrected chi connectivity index (χ2v) is 4.98. The van der Waals surface area contributed by atoms with Gasteiger partial charge in [-0.2, -0.15) is 11.8 Å². The Morgan fingerprint density at radius 1 is 1.56 bits per heavy atom. The summed E-state index contributed by atoms with van der Waals surface area (Å²) >= 11 is 1.56. The molecule has 1 unspecified atom stereocenters. The second-order valence-electron chi connectivity index (χ2n) is 4.12. The molecule has 0 aliphatic carbocycles. The van der Waals surface area contributed by atoms with Gasteiger partial charge in [-0.15, -0.1) is 12.3 Å². The van der Waals surface area contributed by atoms with Crippen LogP contribution in [0.15, 0.2) is 0 Å². The van der Waals surface area contributed by atoms with Gasteiger partial charge in [-0.3, -0.25) is 4.79 Å². The maximum Gasteiger partial charge on any atom is 0.220 e. The van der Waals surface area contributed by atoms with E-state index < -0.39 is 5.60 Å². The third kappa shape index (κ3) is 8.63. The summed E-state index contributed by atoms with van der Waals surface area (Å²) < 4.78 is 0. The van der Waals surface area contributed by atoms with Crippen LogP contribution >= 0.6 is 11.8 Å². The van der Waals surface area contributed by atoms with Crippen LogP contribution in [-0.2, 0) is 4.79 Å². The Bertz CT molecular complexity index is 246. The second kappa shape index (κ2) is 8.49. The molecule has 16 heavy (non-hydrogen) atoms. The van der Waals surface area contributed by atoms with Gasteiger partial charge in [0.2, 0.25) is 5.91 Å². The summed E-state index contributed by atoms with van der Waals surface area (Å²) in [6.45, 7) is 2.03. The highest BCUT2D eigenvalue weighted by molar-refractivity contribution is 7.98. The average Bonchev–Trinajstić information content (AvgIpc) is 2.22. The highest BCUT2D eigenvalue weighted by Gasteiger charge is 2.19. The molecular formula is C12H21NO2S. The van der Waals surface area contributed by atoms with Crippen molar-refractivity contribution < 1.29 is 9.90 Å². The number of amides is 1. The quantitative estimate of drug-likeness (QED) is 0.500. The lowest BCUT2D eigenvalue weighted by molar-refractivity contribution is -0.122. The van der Waals surface area contributed by atoms with Gasteiger partial charge in [0.1, 0.15) is 0 Å². The van der Waals surface area contributed by atoms with Crippen LogP contribution in [0.3, 0.4) is 0 Å². The van der Waals surface area contributed by atoms with Crippen LogP contribution in [0.5, 0.6) is 0 Å². The number of unbranched alkanes of at least 4 members (excludes halogenated alkanes) is 2. The highest BCUT2D eigenvalue weighted by Crippen LogP contribution is 2.09. The van der Waals surface area contributed by atoms with Crippen molar-refractivity contribution in [3.05, 3.63) is 0 Å². The van der Waals surface area contributed by atoms with Crippen LogP contribution in [0.25, 0.3) is 0 Å². The van der Waals surface area contributed by atoms with Crippen molar-refractivity contribution in [3.8, 4) is 12.3 Å². The monoisotopic (exact) mass is 243 g/mol. The molecule has 0 radical (unpaired) electrons. The first-order valence-corrected chi connectivity index (χ1v) is 6.82. The van der Waals surface area contributed by atoms with Gasteiger partial charge in [-0.25, -0.2) is 0 Å². The first-order chi connectivity index (χ1) is 7.52. The molecule has 0 aromatic rings. The molecule has 2 N–H and O–H groups in total. The van der Waals surface area contributed by atoms with Crippen molar-refractivity contribution in [2.75, 3.05) is 18.6 Å². The van der Waals surface area contributed by atoms with E-state index in [1.54, 1.807) is 18.7 Å². The number of carbonyl (C=O) groups excluding carboxylic acids is 1. The van der Waals surface area contributed by atoms with Crippen LogP contribution in [0.1, 0.15) is 32.6 Å². The van der Waals surface area contributed by atoms with Gasteiger partial charge in [0.15, 0.2) is 0 Å². The molecule has 0 spiro atoms. The Morgan fingerprint density at radius 3 is 2.81 bits per heavy atom. The number of thioether (sulfide) groups is 1. The van der Waals surface area contributed by atoms with E-state index in [2.05, 4.69) is 11.2 Å². The maximum atomic E-state index is 11.4. The molecule has 0 aromatic carbocycles. The highest BCUT2D eigenvalue weighted by atomic mass is 32.2. The molecule has 1 atom stereocenters. The zero-order chi connectivity index (χ0) is 12.4. The molecule has 92 valence electrons. The zero-order valence-electron chi connectivity index (χ0n) is 10.1. The minimum absolute atomic E-state index is 0.0154. The molecular weight excluding hydrogens is 222 g/mol. The van der Waals surface area contributed by atoms with Crippen molar-refractivity contribution in [1.29, 1.82) is 0 Å². The molecule has 0 bridgehead atoms. The van der Waals surface area contributed by atoms with Gasteiger partial charge < -0.3 is 10.4 Å². The summed E-state index contributed by atoms with van der Waals surface area (Å²) in [7, 11) is 0. The molecule has 1 amide bonds. The Labute approximate surface area is 102 Å². The van der Waals surface area contributed by atoms with E-state index in [9.17, 15) is 9.90 Å². The maximum absolute atomic E-state index is 11.4. The summed E-state index contributed by atoms with van der Waals surface area (Å²) in [5.41, 5.74) is -0.826. The van der Waals surface area contributed by atoms with Gasteiger partial charge in [0, 0.05) is 25.1 Å². The van der Waals surface area contributed by atoms with Crippen LogP contribution in [0, 0.1) is 12.3 Å². The van der Waals surface area contributed by atoms with Crippen molar-refractivity contribution in [3.63, 3.8) is 0 Å². The Morgan fingerprint density at radius 2 is 2.25 bits per heavy atom. The largest absolute Gasteiger partial charge is 0.387 e. The van der Waals surface area contributed by atoms with E-state index >= 15 is 0 Å². The summed E-state index contributed by atoms with van der Waals surface area (Å²) in [5, 5.41) is 12.5. The van der Waals surface area contributed by atoms with E-state index in [1.807, 2.05) is 6.26 Å². The lowest BCUT2D eigenvalue weighted by Crippen LogP contribution is -2.42. The Hall–Kier alpha value is -0.660. The van der Waals surface area contributed by atoms with Crippen LogP contribution in [-0.4, -0.2) is 35.2 Å². The number of rotatable bonds is 8. The van der Waals surface area contributed by atoms with Crippen molar-refractivity contribution in [1.82, 2.24) is 5.32 Å². The summed E-state index contributed by atoms with van der Waals surface area (Å²) in [4.78, 5) is 11.4. The minimum Gasteiger partial charge on any atom is -0.387 e. The van der Waals surface area contributed by atoms with Gasteiger partial charge >= 0.3 is 0 Å². The summed E-state index contributed by atoms with van der Waals surface area (Å²) in [6, 6.07) is 0. The molecule has 0 saturated heterocycles. The van der Waals surface area contributed by atoms with E-state index in [1.165, 1.54) is 0 Å². The van der Waals surface area contributed by atoms with E-state index in [-0.39, 0.29) is 5.91 Å². The van der Waals surface area contributed by atoms with Crippen molar-refractivity contribution in [2.45, 2.75) is 38.2 Å². The van der Waals surface area contributed by atoms with Crippen molar-refractivity contribution >= 4 is 17.7 Å². The lowest BCUT2D eigenvalue weighted by atomic mass is 10.1. The topological polar surface area (TPSA) is 49.3 Å². The molecule has 0 fully saturated rings. The molecule has 4 heteroatoms. The molecule has 0 aliphatic rings. The van der Waals surface area contributed by atoms with Gasteiger partial charge in [0.05, 0.1) is 5.60 Å². The van der Waals surface area contributed by atoms with Gasteiger partial charge in [-0.1, -0.05) is 0 Å².